The molecule has 0 radical (unpaired) electrons. The molecular weight excluding hydrogens is 260 g/mol. The molecule has 0 saturated carbocycles. The number of methoxy groups -OCH3 is 1. The van der Waals surface area contributed by atoms with Gasteiger partial charge in [0, 0.05) is 19.9 Å². The van der Waals surface area contributed by atoms with Gasteiger partial charge in [-0.25, -0.2) is 0 Å². The largest absolute Gasteiger partial charge is 0.407 e. The SMILES string of the molecule is COCCNCc1nnc(NCc2cnc(C)cn2)o1. The van der Waals surface area contributed by atoms with Gasteiger partial charge in [0.1, 0.15) is 0 Å². The first-order valence-electron chi connectivity index (χ1n) is 6.31. The summed E-state index contributed by atoms with van der Waals surface area (Å²) in [5.74, 6) is 0.526. The molecule has 0 fully saturated rings. The highest BCUT2D eigenvalue weighted by atomic mass is 16.5. The molecule has 0 aromatic carbocycles. The van der Waals surface area contributed by atoms with Crippen LogP contribution in [0.1, 0.15) is 17.3 Å². The fourth-order valence-electron chi connectivity index (χ4n) is 1.44. The van der Waals surface area contributed by atoms with Crippen LogP contribution >= 0.6 is 0 Å². The highest BCUT2D eigenvalue weighted by molar-refractivity contribution is 5.19. The molecular formula is C12H18N6O2. The number of anilines is 1. The van der Waals surface area contributed by atoms with Crippen molar-refractivity contribution in [3.63, 3.8) is 0 Å². The summed E-state index contributed by atoms with van der Waals surface area (Å²) in [4.78, 5) is 8.39. The summed E-state index contributed by atoms with van der Waals surface area (Å²) in [5, 5.41) is 14.0. The number of nitrogens with zero attached hydrogens (tertiary/aromatic N) is 4. The van der Waals surface area contributed by atoms with Crippen molar-refractivity contribution in [3.05, 3.63) is 29.7 Å². The molecule has 0 aliphatic rings. The molecule has 20 heavy (non-hydrogen) atoms. The molecule has 2 heterocycles. The molecule has 0 unspecified atom stereocenters. The summed E-state index contributed by atoms with van der Waals surface area (Å²) in [6, 6.07) is 0.371. The van der Waals surface area contributed by atoms with Gasteiger partial charge in [-0.3, -0.25) is 9.97 Å². The van der Waals surface area contributed by atoms with E-state index >= 15 is 0 Å². The summed E-state index contributed by atoms with van der Waals surface area (Å²) in [5.41, 5.74) is 1.70. The summed E-state index contributed by atoms with van der Waals surface area (Å²) in [6.45, 7) is 4.28. The Balaban J connectivity index is 1.76. The first kappa shape index (κ1) is 14.4. The number of rotatable bonds is 8. The standard InChI is InChI=1S/C12H18N6O2/c1-9-5-15-10(6-14-9)7-16-12-18-17-11(20-12)8-13-3-4-19-2/h5-6,13H,3-4,7-8H2,1-2H3,(H,16,18). The van der Waals surface area contributed by atoms with Crippen molar-refractivity contribution in [2.45, 2.75) is 20.0 Å². The molecule has 2 rings (SSSR count). The predicted molar refractivity (Wildman–Crippen MR) is 72.0 cm³/mol. The Morgan fingerprint density at radius 1 is 1.20 bits per heavy atom. The van der Waals surface area contributed by atoms with E-state index in [1.165, 1.54) is 0 Å². The Hall–Kier alpha value is -2.06. The summed E-state index contributed by atoms with van der Waals surface area (Å²) in [6.07, 6.45) is 3.43. The normalized spacial score (nSPS) is 10.7. The maximum Gasteiger partial charge on any atom is 0.315 e. The molecule has 2 N–H and O–H groups in total. The van der Waals surface area contributed by atoms with Gasteiger partial charge in [-0.15, -0.1) is 5.10 Å². The van der Waals surface area contributed by atoms with Crippen LogP contribution in [0.25, 0.3) is 0 Å². The third kappa shape index (κ3) is 4.56. The number of hydrogen-bond acceptors (Lipinski definition) is 8. The van der Waals surface area contributed by atoms with Gasteiger partial charge in [0.15, 0.2) is 0 Å². The smallest absolute Gasteiger partial charge is 0.315 e. The van der Waals surface area contributed by atoms with Gasteiger partial charge in [0.25, 0.3) is 0 Å². The van der Waals surface area contributed by atoms with E-state index in [-0.39, 0.29) is 0 Å². The third-order valence-corrected chi connectivity index (χ3v) is 2.48. The molecule has 0 spiro atoms. The van der Waals surface area contributed by atoms with Crippen LogP contribution in [0.4, 0.5) is 6.01 Å². The highest BCUT2D eigenvalue weighted by Gasteiger charge is 2.05. The molecule has 2 aromatic rings. The summed E-state index contributed by atoms with van der Waals surface area (Å²) >= 11 is 0. The lowest BCUT2D eigenvalue weighted by molar-refractivity contribution is 0.198. The molecule has 108 valence electrons. The Morgan fingerprint density at radius 2 is 2.10 bits per heavy atom. The Labute approximate surface area is 117 Å². The van der Waals surface area contributed by atoms with Gasteiger partial charge in [-0.05, 0) is 6.92 Å². The van der Waals surface area contributed by atoms with Crippen LogP contribution in [0, 0.1) is 6.92 Å². The Morgan fingerprint density at radius 3 is 2.85 bits per heavy atom. The van der Waals surface area contributed by atoms with E-state index in [1.54, 1.807) is 19.5 Å². The van der Waals surface area contributed by atoms with Crippen molar-refractivity contribution in [1.82, 2.24) is 25.5 Å². The predicted octanol–water partition coefficient (Wildman–Crippen LogP) is 0.516. The first-order chi connectivity index (χ1) is 9.78. The second kappa shape index (κ2) is 7.51. The molecule has 0 aliphatic heterocycles. The summed E-state index contributed by atoms with van der Waals surface area (Å²) in [7, 11) is 1.66. The van der Waals surface area contributed by atoms with Gasteiger partial charge < -0.3 is 19.8 Å². The van der Waals surface area contributed by atoms with E-state index in [9.17, 15) is 0 Å². The molecule has 8 heteroatoms. The van der Waals surface area contributed by atoms with Crippen LogP contribution in [0.5, 0.6) is 0 Å². The van der Waals surface area contributed by atoms with Crippen molar-refractivity contribution in [3.8, 4) is 0 Å². The van der Waals surface area contributed by atoms with Crippen molar-refractivity contribution in [1.29, 1.82) is 0 Å². The second-order valence-electron chi connectivity index (χ2n) is 4.17. The second-order valence-corrected chi connectivity index (χ2v) is 4.17. The lowest BCUT2D eigenvalue weighted by Crippen LogP contribution is -2.18. The molecule has 0 aliphatic carbocycles. The third-order valence-electron chi connectivity index (χ3n) is 2.48. The van der Waals surface area contributed by atoms with Crippen LogP contribution < -0.4 is 10.6 Å². The minimum Gasteiger partial charge on any atom is -0.407 e. The number of aromatic nitrogens is 4. The average molecular weight is 278 g/mol. The van der Waals surface area contributed by atoms with Gasteiger partial charge in [0.2, 0.25) is 5.89 Å². The molecule has 0 amide bonds. The maximum atomic E-state index is 5.42. The van der Waals surface area contributed by atoms with Crippen LogP contribution in [0.15, 0.2) is 16.8 Å². The molecule has 0 atom stereocenters. The van der Waals surface area contributed by atoms with Crippen LogP contribution in [0.2, 0.25) is 0 Å². The van der Waals surface area contributed by atoms with E-state index in [4.69, 9.17) is 9.15 Å². The van der Waals surface area contributed by atoms with Gasteiger partial charge in [-0.1, -0.05) is 5.10 Å². The minimum absolute atomic E-state index is 0.371. The molecule has 8 nitrogen and oxygen atoms in total. The fourth-order valence-corrected chi connectivity index (χ4v) is 1.44. The lowest BCUT2D eigenvalue weighted by atomic mass is 10.4. The Kier molecular flexibility index (Phi) is 5.39. The highest BCUT2D eigenvalue weighted by Crippen LogP contribution is 2.06. The lowest BCUT2D eigenvalue weighted by Gasteiger charge is -2.01. The van der Waals surface area contributed by atoms with E-state index in [1.807, 2.05) is 6.92 Å². The van der Waals surface area contributed by atoms with Gasteiger partial charge in [-0.2, -0.15) is 0 Å². The zero-order chi connectivity index (χ0) is 14.2. The zero-order valence-corrected chi connectivity index (χ0v) is 11.6. The Bertz CT molecular complexity index is 513. The van der Waals surface area contributed by atoms with Gasteiger partial charge in [0.05, 0.1) is 37.3 Å². The fraction of sp³-hybridized carbons (Fsp3) is 0.500. The molecule has 0 bridgehead atoms. The first-order valence-corrected chi connectivity index (χ1v) is 6.31. The molecule has 2 aromatic heterocycles. The van der Waals surface area contributed by atoms with Crippen molar-refractivity contribution >= 4 is 6.01 Å². The zero-order valence-electron chi connectivity index (χ0n) is 11.6. The number of nitrogens with one attached hydrogen (secondary N) is 2. The van der Waals surface area contributed by atoms with Crippen molar-refractivity contribution < 1.29 is 9.15 Å². The number of hydrogen-bond donors (Lipinski definition) is 2. The van der Waals surface area contributed by atoms with Crippen LogP contribution in [-0.4, -0.2) is 40.4 Å². The molecule has 0 saturated heterocycles. The van der Waals surface area contributed by atoms with Crippen LogP contribution in [-0.2, 0) is 17.8 Å². The number of ether oxygens (including phenoxy) is 1. The van der Waals surface area contributed by atoms with E-state index in [2.05, 4.69) is 30.8 Å². The van der Waals surface area contributed by atoms with E-state index < -0.39 is 0 Å². The average Bonchev–Trinajstić information content (AvgIpc) is 2.91. The minimum atomic E-state index is 0.371. The maximum absolute atomic E-state index is 5.42. The van der Waals surface area contributed by atoms with Crippen molar-refractivity contribution in [2.24, 2.45) is 0 Å². The topological polar surface area (TPSA) is 98.0 Å². The van der Waals surface area contributed by atoms with Gasteiger partial charge >= 0.3 is 6.01 Å². The van der Waals surface area contributed by atoms with E-state index in [0.717, 1.165) is 17.9 Å². The monoisotopic (exact) mass is 278 g/mol. The summed E-state index contributed by atoms with van der Waals surface area (Å²) < 4.78 is 10.4. The van der Waals surface area contributed by atoms with Crippen LogP contribution in [0.3, 0.4) is 0 Å². The quantitative estimate of drug-likeness (QED) is 0.674. The van der Waals surface area contributed by atoms with Crippen molar-refractivity contribution in [2.75, 3.05) is 25.6 Å². The number of aryl methyl sites for hydroxylation is 1. The van der Waals surface area contributed by atoms with E-state index in [0.29, 0.717) is 31.6 Å².